The van der Waals surface area contributed by atoms with E-state index in [1.807, 2.05) is 24.3 Å². The third-order valence-corrected chi connectivity index (χ3v) is 3.69. The first-order valence-corrected chi connectivity index (χ1v) is 7.32. The molecule has 0 spiro atoms. The molecule has 0 amide bonds. The molecule has 3 rings (SSSR count). The Bertz CT molecular complexity index is 782. The van der Waals surface area contributed by atoms with Crippen LogP contribution in [0.3, 0.4) is 0 Å². The SMILES string of the molecule is CC(C)c1nc2ncccc2n1Cc1ccc(B(O)O)cc1. The number of hydrogen-bond acceptors (Lipinski definition) is 4. The molecule has 0 aliphatic rings. The number of nitrogens with zero attached hydrogens (tertiary/aromatic N) is 3. The van der Waals surface area contributed by atoms with Gasteiger partial charge in [0.1, 0.15) is 5.82 Å². The summed E-state index contributed by atoms with van der Waals surface area (Å²) in [4.78, 5) is 8.95. The molecule has 0 aliphatic carbocycles. The second-order valence-corrected chi connectivity index (χ2v) is 5.67. The molecule has 2 N–H and O–H groups in total. The zero-order valence-corrected chi connectivity index (χ0v) is 12.6. The van der Waals surface area contributed by atoms with Crippen molar-refractivity contribution in [2.75, 3.05) is 0 Å². The summed E-state index contributed by atoms with van der Waals surface area (Å²) >= 11 is 0. The highest BCUT2D eigenvalue weighted by molar-refractivity contribution is 6.58. The fourth-order valence-electron chi connectivity index (χ4n) is 2.56. The van der Waals surface area contributed by atoms with Crippen molar-refractivity contribution in [3.8, 4) is 0 Å². The number of aromatic nitrogens is 3. The molecule has 0 unspecified atom stereocenters. The number of imidazole rings is 1. The lowest BCUT2D eigenvalue weighted by molar-refractivity contribution is 0.426. The van der Waals surface area contributed by atoms with E-state index in [2.05, 4.69) is 28.4 Å². The van der Waals surface area contributed by atoms with E-state index in [1.165, 1.54) is 0 Å². The smallest absolute Gasteiger partial charge is 0.423 e. The van der Waals surface area contributed by atoms with Crippen LogP contribution in [-0.2, 0) is 6.54 Å². The van der Waals surface area contributed by atoms with Crippen molar-refractivity contribution in [3.63, 3.8) is 0 Å². The molecule has 0 fully saturated rings. The van der Waals surface area contributed by atoms with Crippen molar-refractivity contribution in [1.29, 1.82) is 0 Å². The lowest BCUT2D eigenvalue weighted by Gasteiger charge is -2.12. The quantitative estimate of drug-likeness (QED) is 0.711. The summed E-state index contributed by atoms with van der Waals surface area (Å²) in [6, 6.07) is 11.2. The number of hydrogen-bond donors (Lipinski definition) is 2. The molecule has 5 nitrogen and oxygen atoms in total. The normalized spacial score (nSPS) is 11.3. The number of fused-ring (bicyclic) bond motifs is 1. The maximum atomic E-state index is 9.16. The molecule has 0 bridgehead atoms. The van der Waals surface area contributed by atoms with E-state index in [0.29, 0.717) is 17.9 Å². The average molecular weight is 295 g/mol. The number of pyridine rings is 1. The fourth-order valence-corrected chi connectivity index (χ4v) is 2.56. The molecule has 0 atom stereocenters. The largest absolute Gasteiger partial charge is 0.488 e. The molecule has 0 radical (unpaired) electrons. The highest BCUT2D eigenvalue weighted by Crippen LogP contribution is 2.21. The predicted octanol–water partition coefficient (Wildman–Crippen LogP) is 1.28. The first kappa shape index (κ1) is 14.7. The minimum absolute atomic E-state index is 0.299. The van der Waals surface area contributed by atoms with E-state index in [9.17, 15) is 0 Å². The second-order valence-electron chi connectivity index (χ2n) is 5.67. The molecular formula is C16H18BN3O2. The predicted molar refractivity (Wildman–Crippen MR) is 87.0 cm³/mol. The van der Waals surface area contributed by atoms with Crippen LogP contribution in [0.2, 0.25) is 0 Å². The summed E-state index contributed by atoms with van der Waals surface area (Å²) in [5.41, 5.74) is 3.34. The van der Waals surface area contributed by atoms with Gasteiger partial charge in [0, 0.05) is 18.7 Å². The molecule has 3 aromatic rings. The van der Waals surface area contributed by atoms with E-state index in [-0.39, 0.29) is 0 Å². The summed E-state index contributed by atoms with van der Waals surface area (Å²) < 4.78 is 2.16. The summed E-state index contributed by atoms with van der Waals surface area (Å²) in [6.45, 7) is 4.91. The van der Waals surface area contributed by atoms with E-state index < -0.39 is 7.12 Å². The van der Waals surface area contributed by atoms with Gasteiger partial charge in [0.25, 0.3) is 0 Å². The van der Waals surface area contributed by atoms with Gasteiger partial charge in [-0.25, -0.2) is 9.97 Å². The Morgan fingerprint density at radius 1 is 1.14 bits per heavy atom. The fraction of sp³-hybridized carbons (Fsp3) is 0.250. The maximum Gasteiger partial charge on any atom is 0.488 e. The third kappa shape index (κ3) is 2.75. The Hall–Kier alpha value is -2.18. The molecule has 0 aliphatic heterocycles. The van der Waals surface area contributed by atoms with Crippen molar-refractivity contribution < 1.29 is 10.0 Å². The van der Waals surface area contributed by atoms with Crippen LogP contribution in [0.1, 0.15) is 31.2 Å². The van der Waals surface area contributed by atoms with Gasteiger partial charge in [-0.1, -0.05) is 38.1 Å². The number of benzene rings is 1. The summed E-state index contributed by atoms with van der Waals surface area (Å²) in [7, 11) is -1.43. The summed E-state index contributed by atoms with van der Waals surface area (Å²) in [5.74, 6) is 1.30. The first-order chi connectivity index (χ1) is 10.6. The van der Waals surface area contributed by atoms with E-state index >= 15 is 0 Å². The van der Waals surface area contributed by atoms with Crippen LogP contribution in [-0.4, -0.2) is 31.7 Å². The van der Waals surface area contributed by atoms with Crippen molar-refractivity contribution in [3.05, 3.63) is 54.0 Å². The van der Waals surface area contributed by atoms with E-state index in [0.717, 1.165) is 22.6 Å². The lowest BCUT2D eigenvalue weighted by atomic mass is 9.80. The van der Waals surface area contributed by atoms with E-state index in [4.69, 9.17) is 10.0 Å². The molecule has 1 aromatic carbocycles. The minimum Gasteiger partial charge on any atom is -0.423 e. The van der Waals surface area contributed by atoms with Gasteiger partial charge in [-0.3, -0.25) is 0 Å². The van der Waals surface area contributed by atoms with Crippen molar-refractivity contribution in [2.24, 2.45) is 0 Å². The standard InChI is InChI=1S/C16H18BN3O2/c1-11(2)16-19-15-14(4-3-9-18-15)20(16)10-12-5-7-13(8-6-12)17(21)22/h3-9,11,21-22H,10H2,1-2H3. The molecule has 2 heterocycles. The molecule has 2 aromatic heterocycles. The Kier molecular flexibility index (Phi) is 3.96. The Balaban J connectivity index is 2.00. The summed E-state index contributed by atoms with van der Waals surface area (Å²) in [6.07, 6.45) is 1.75. The van der Waals surface area contributed by atoms with Gasteiger partial charge in [-0.05, 0) is 23.2 Å². The van der Waals surface area contributed by atoms with Crippen LogP contribution in [0.15, 0.2) is 42.6 Å². The van der Waals surface area contributed by atoms with Crippen LogP contribution in [0.5, 0.6) is 0 Å². The summed E-state index contributed by atoms with van der Waals surface area (Å²) in [5, 5.41) is 18.3. The van der Waals surface area contributed by atoms with Crippen LogP contribution >= 0.6 is 0 Å². The maximum absolute atomic E-state index is 9.16. The van der Waals surface area contributed by atoms with Gasteiger partial charge in [-0.2, -0.15) is 0 Å². The van der Waals surface area contributed by atoms with Crippen molar-refractivity contribution in [1.82, 2.24) is 14.5 Å². The zero-order valence-electron chi connectivity index (χ0n) is 12.6. The van der Waals surface area contributed by atoms with Crippen molar-refractivity contribution in [2.45, 2.75) is 26.3 Å². The van der Waals surface area contributed by atoms with Crippen LogP contribution < -0.4 is 5.46 Å². The van der Waals surface area contributed by atoms with E-state index in [1.54, 1.807) is 18.3 Å². The first-order valence-electron chi connectivity index (χ1n) is 7.32. The molecular weight excluding hydrogens is 277 g/mol. The lowest BCUT2D eigenvalue weighted by Crippen LogP contribution is -2.29. The Morgan fingerprint density at radius 2 is 1.86 bits per heavy atom. The van der Waals surface area contributed by atoms with Crippen LogP contribution in [0.25, 0.3) is 11.2 Å². The molecule has 0 saturated carbocycles. The van der Waals surface area contributed by atoms with Gasteiger partial charge >= 0.3 is 7.12 Å². The van der Waals surface area contributed by atoms with Gasteiger partial charge < -0.3 is 14.6 Å². The average Bonchev–Trinajstić information content (AvgIpc) is 2.87. The van der Waals surface area contributed by atoms with Gasteiger partial charge in [-0.15, -0.1) is 0 Å². The highest BCUT2D eigenvalue weighted by atomic mass is 16.4. The Labute approximate surface area is 129 Å². The second kappa shape index (κ2) is 5.91. The van der Waals surface area contributed by atoms with Gasteiger partial charge in [0.05, 0.1) is 5.52 Å². The van der Waals surface area contributed by atoms with Crippen LogP contribution in [0.4, 0.5) is 0 Å². The minimum atomic E-state index is -1.43. The zero-order chi connectivity index (χ0) is 15.7. The van der Waals surface area contributed by atoms with Crippen molar-refractivity contribution >= 4 is 23.7 Å². The molecule has 0 saturated heterocycles. The highest BCUT2D eigenvalue weighted by Gasteiger charge is 2.15. The van der Waals surface area contributed by atoms with Gasteiger partial charge in [0.15, 0.2) is 5.65 Å². The van der Waals surface area contributed by atoms with Gasteiger partial charge in [0.2, 0.25) is 0 Å². The van der Waals surface area contributed by atoms with Crippen LogP contribution in [0, 0.1) is 0 Å². The molecule has 22 heavy (non-hydrogen) atoms. The monoisotopic (exact) mass is 295 g/mol. The molecule has 112 valence electrons. The Morgan fingerprint density at radius 3 is 2.50 bits per heavy atom. The molecule has 6 heteroatoms. The topological polar surface area (TPSA) is 71.2 Å². The number of rotatable bonds is 4. The third-order valence-electron chi connectivity index (χ3n) is 3.69.